The Morgan fingerprint density at radius 3 is 2.20 bits per heavy atom. The van der Waals surface area contributed by atoms with Gasteiger partial charge in [-0.1, -0.05) is 79.0 Å². The van der Waals surface area contributed by atoms with Gasteiger partial charge >= 0.3 is 5.97 Å². The number of nitrogens with zero attached hydrogens (tertiary/aromatic N) is 2. The van der Waals surface area contributed by atoms with Crippen LogP contribution in [-0.2, 0) is 33.4 Å². The molecule has 11 heteroatoms. The van der Waals surface area contributed by atoms with Gasteiger partial charge in [0.2, 0.25) is 0 Å². The van der Waals surface area contributed by atoms with Gasteiger partial charge in [0.1, 0.15) is 17.3 Å². The van der Waals surface area contributed by atoms with Crippen molar-refractivity contribution in [2.45, 2.75) is 43.4 Å². The SMILES string of the molecule is CCCCn1cc(-c2ccc(Cl)cc2Cl)nc1C(N)(Cc1ccc(Oc2ccc(C(=O)O)cc2)cc1)S(=O)(=O)Cc1ccccc1. The fourth-order valence-corrected chi connectivity index (χ4v) is 7.33. The Morgan fingerprint density at radius 2 is 1.59 bits per heavy atom. The molecule has 5 aromatic rings. The third-order valence-corrected chi connectivity index (χ3v) is 10.3. The van der Waals surface area contributed by atoms with E-state index in [0.29, 0.717) is 50.5 Å². The smallest absolute Gasteiger partial charge is 0.335 e. The summed E-state index contributed by atoms with van der Waals surface area (Å²) in [5.41, 5.74) is 9.63. The quantitative estimate of drug-likeness (QED) is 0.129. The molecule has 0 amide bonds. The summed E-state index contributed by atoms with van der Waals surface area (Å²) in [6.45, 7) is 2.57. The van der Waals surface area contributed by atoms with Gasteiger partial charge in [0.15, 0.2) is 14.7 Å². The number of aromatic nitrogens is 2. The minimum absolute atomic E-state index is 0.0628. The van der Waals surface area contributed by atoms with Crippen LogP contribution >= 0.6 is 23.2 Å². The standard InChI is InChI=1S/C35H33Cl2N3O5S/c1-2-3-19-40-22-32(30-18-13-27(36)20-31(30)37)39-34(40)35(38,46(43,44)23-25-7-5-4-6-8-25)21-24-9-14-28(15-10-24)45-29-16-11-26(12-17-29)33(41)42/h4-18,20,22H,2-3,19,21,23,38H2,1H3,(H,41,42). The van der Waals surface area contributed by atoms with Crippen LogP contribution in [0.25, 0.3) is 11.3 Å². The van der Waals surface area contributed by atoms with Crippen molar-refractivity contribution in [2.75, 3.05) is 0 Å². The number of carboxylic acids is 1. The van der Waals surface area contributed by atoms with Crippen LogP contribution in [0.3, 0.4) is 0 Å². The molecule has 0 radical (unpaired) electrons. The average molecular weight is 679 g/mol. The van der Waals surface area contributed by atoms with Crippen LogP contribution in [0.15, 0.2) is 103 Å². The molecule has 5 rings (SSSR count). The first-order valence-electron chi connectivity index (χ1n) is 14.7. The second-order valence-corrected chi connectivity index (χ2v) is 14.1. The number of aromatic carboxylic acids is 1. The van der Waals surface area contributed by atoms with Crippen molar-refractivity contribution in [3.63, 3.8) is 0 Å². The fraction of sp³-hybridized carbons (Fsp3) is 0.200. The summed E-state index contributed by atoms with van der Waals surface area (Å²) >= 11 is 12.7. The number of imidazole rings is 1. The van der Waals surface area contributed by atoms with Gasteiger partial charge in [-0.2, -0.15) is 0 Å². The molecule has 0 saturated heterocycles. The fourth-order valence-electron chi connectivity index (χ4n) is 5.11. The van der Waals surface area contributed by atoms with E-state index >= 15 is 0 Å². The zero-order valence-corrected chi connectivity index (χ0v) is 27.4. The number of benzene rings is 4. The van der Waals surface area contributed by atoms with Crippen molar-refractivity contribution in [2.24, 2.45) is 5.73 Å². The first-order valence-corrected chi connectivity index (χ1v) is 17.1. The summed E-state index contributed by atoms with van der Waals surface area (Å²) < 4.78 is 36.5. The van der Waals surface area contributed by atoms with E-state index in [1.165, 1.54) is 12.1 Å². The number of sulfone groups is 1. The topological polar surface area (TPSA) is 125 Å². The lowest BCUT2D eigenvalue weighted by Gasteiger charge is -2.30. The molecule has 238 valence electrons. The number of ether oxygens (including phenoxy) is 1. The molecular weight excluding hydrogens is 645 g/mol. The zero-order valence-electron chi connectivity index (χ0n) is 25.1. The van der Waals surface area contributed by atoms with Gasteiger partial charge in [0.25, 0.3) is 0 Å². The second-order valence-electron chi connectivity index (χ2n) is 11.0. The summed E-state index contributed by atoms with van der Waals surface area (Å²) in [7, 11) is -4.07. The Bertz CT molecular complexity index is 1930. The molecule has 3 N–H and O–H groups in total. The van der Waals surface area contributed by atoms with E-state index in [0.717, 1.165) is 12.8 Å². The van der Waals surface area contributed by atoms with Gasteiger partial charge in [-0.05, 0) is 72.1 Å². The van der Waals surface area contributed by atoms with Crippen LogP contribution in [0.1, 0.15) is 47.1 Å². The normalized spacial score (nSPS) is 12.9. The molecule has 0 aliphatic carbocycles. The van der Waals surface area contributed by atoms with Crippen molar-refractivity contribution in [3.05, 3.63) is 136 Å². The highest BCUT2D eigenvalue weighted by Crippen LogP contribution is 2.36. The van der Waals surface area contributed by atoms with Gasteiger partial charge in [-0.15, -0.1) is 0 Å². The van der Waals surface area contributed by atoms with E-state index in [9.17, 15) is 13.2 Å². The maximum Gasteiger partial charge on any atom is 0.335 e. The van der Waals surface area contributed by atoms with Crippen molar-refractivity contribution >= 4 is 39.0 Å². The van der Waals surface area contributed by atoms with Gasteiger partial charge < -0.3 is 20.1 Å². The molecule has 46 heavy (non-hydrogen) atoms. The number of carboxylic acid groups (broad SMARTS) is 1. The largest absolute Gasteiger partial charge is 0.478 e. The Balaban J connectivity index is 1.54. The van der Waals surface area contributed by atoms with Crippen LogP contribution in [-0.4, -0.2) is 29.0 Å². The molecule has 0 bridgehead atoms. The maximum absolute atomic E-state index is 14.4. The Hall–Kier alpha value is -4.15. The number of hydrogen-bond donors (Lipinski definition) is 2. The highest BCUT2D eigenvalue weighted by Gasteiger charge is 2.46. The van der Waals surface area contributed by atoms with E-state index in [1.54, 1.807) is 85.1 Å². The van der Waals surface area contributed by atoms with Crippen LogP contribution in [0.2, 0.25) is 10.0 Å². The number of hydrogen-bond acceptors (Lipinski definition) is 6. The molecule has 0 aliphatic heterocycles. The first kappa shape index (κ1) is 33.2. The molecule has 0 saturated carbocycles. The second kappa shape index (κ2) is 14.1. The third-order valence-electron chi connectivity index (χ3n) is 7.60. The zero-order chi connectivity index (χ0) is 32.9. The van der Waals surface area contributed by atoms with Crippen molar-refractivity contribution in [1.29, 1.82) is 0 Å². The highest BCUT2D eigenvalue weighted by molar-refractivity contribution is 7.91. The summed E-state index contributed by atoms with van der Waals surface area (Å²) in [6, 6.07) is 27.0. The van der Waals surface area contributed by atoms with Crippen LogP contribution in [0.5, 0.6) is 11.5 Å². The first-order chi connectivity index (χ1) is 22.0. The molecule has 0 aliphatic rings. The lowest BCUT2D eigenvalue weighted by molar-refractivity contribution is 0.0697. The summed E-state index contributed by atoms with van der Waals surface area (Å²) in [5, 5.41) is 10.0. The summed E-state index contributed by atoms with van der Waals surface area (Å²) in [5.74, 6) is -0.137. The number of halogens is 2. The van der Waals surface area contributed by atoms with Gasteiger partial charge in [-0.25, -0.2) is 18.2 Å². The Morgan fingerprint density at radius 1 is 0.935 bits per heavy atom. The van der Waals surface area contributed by atoms with E-state index in [2.05, 4.69) is 6.92 Å². The highest BCUT2D eigenvalue weighted by atomic mass is 35.5. The predicted molar refractivity (Wildman–Crippen MR) is 181 cm³/mol. The van der Waals surface area contributed by atoms with Crippen molar-refractivity contribution in [1.82, 2.24) is 9.55 Å². The maximum atomic E-state index is 14.4. The lowest BCUT2D eigenvalue weighted by Crippen LogP contribution is -2.49. The number of unbranched alkanes of at least 4 members (excludes halogenated alkanes) is 1. The number of carbonyl (C=O) groups is 1. The predicted octanol–water partition coefficient (Wildman–Crippen LogP) is 8.12. The van der Waals surface area contributed by atoms with E-state index in [1.807, 2.05) is 10.6 Å². The van der Waals surface area contributed by atoms with Crippen LogP contribution < -0.4 is 10.5 Å². The van der Waals surface area contributed by atoms with Gasteiger partial charge in [0, 0.05) is 29.7 Å². The molecule has 1 atom stereocenters. The monoisotopic (exact) mass is 677 g/mol. The molecule has 0 spiro atoms. The molecule has 8 nitrogen and oxygen atoms in total. The number of nitrogens with two attached hydrogens (primary N) is 1. The minimum Gasteiger partial charge on any atom is -0.478 e. The van der Waals surface area contributed by atoms with Gasteiger partial charge in [-0.3, -0.25) is 0 Å². The van der Waals surface area contributed by atoms with Crippen LogP contribution in [0, 0.1) is 0 Å². The summed E-state index contributed by atoms with van der Waals surface area (Å²) in [6.07, 6.45) is 3.40. The lowest BCUT2D eigenvalue weighted by atomic mass is 10.0. The van der Waals surface area contributed by atoms with Crippen LogP contribution in [0.4, 0.5) is 0 Å². The number of rotatable bonds is 13. The molecule has 1 heterocycles. The molecule has 1 aromatic heterocycles. The van der Waals surface area contributed by atoms with Crippen molar-refractivity contribution < 1.29 is 23.1 Å². The van der Waals surface area contributed by atoms with Crippen molar-refractivity contribution in [3.8, 4) is 22.8 Å². The molecule has 0 fully saturated rings. The van der Waals surface area contributed by atoms with E-state index in [4.69, 9.17) is 43.8 Å². The third kappa shape index (κ3) is 7.45. The van der Waals surface area contributed by atoms with E-state index < -0.39 is 20.7 Å². The average Bonchev–Trinajstić information content (AvgIpc) is 3.46. The van der Waals surface area contributed by atoms with Gasteiger partial charge in [0.05, 0.1) is 22.0 Å². The molecule has 1 unspecified atom stereocenters. The summed E-state index contributed by atoms with van der Waals surface area (Å²) in [4.78, 5) is 14.1. The molecular formula is C35H33Cl2N3O5S. The molecule has 4 aromatic carbocycles. The minimum atomic E-state index is -4.07. The number of aryl methyl sites for hydroxylation is 1. The Labute approximate surface area is 278 Å². The van der Waals surface area contributed by atoms with E-state index in [-0.39, 0.29) is 23.6 Å². The Kier molecular flexibility index (Phi) is 10.2.